The van der Waals surface area contributed by atoms with Gasteiger partial charge in [0, 0.05) is 6.42 Å². The molecule has 0 radical (unpaired) electrons. The van der Waals surface area contributed by atoms with E-state index in [2.05, 4.69) is 0 Å². The molecule has 4 nitrogen and oxygen atoms in total. The largest absolute Gasteiger partial charge is 0.460 e. The average molecular weight is 201 g/mol. The van der Waals surface area contributed by atoms with Gasteiger partial charge in [0.15, 0.2) is 0 Å². The van der Waals surface area contributed by atoms with Gasteiger partial charge in [0.05, 0.1) is 5.41 Å². The molecule has 0 saturated heterocycles. The number of hydrogen-bond acceptors (Lipinski definition) is 3. The maximum Gasteiger partial charge on any atom is 0.312 e. The summed E-state index contributed by atoms with van der Waals surface area (Å²) in [5.74, 6) is -0.898. The number of rotatable bonds is 3. The van der Waals surface area contributed by atoms with E-state index in [-0.39, 0.29) is 6.42 Å². The van der Waals surface area contributed by atoms with Gasteiger partial charge in [-0.15, -0.1) is 0 Å². The molecular weight excluding hydrogens is 182 g/mol. The Balaban J connectivity index is 4.44. The molecule has 0 bridgehead atoms. The van der Waals surface area contributed by atoms with Crippen molar-refractivity contribution in [1.29, 1.82) is 0 Å². The zero-order valence-electron chi connectivity index (χ0n) is 9.51. The highest BCUT2D eigenvalue weighted by Gasteiger charge is 2.33. The summed E-state index contributed by atoms with van der Waals surface area (Å²) in [7, 11) is 0. The van der Waals surface area contributed by atoms with E-state index >= 15 is 0 Å². The first-order chi connectivity index (χ1) is 6.04. The van der Waals surface area contributed by atoms with Gasteiger partial charge in [-0.3, -0.25) is 9.59 Å². The highest BCUT2D eigenvalue weighted by Crippen LogP contribution is 2.24. The van der Waals surface area contributed by atoms with Gasteiger partial charge in [0.2, 0.25) is 5.91 Å². The number of esters is 1. The van der Waals surface area contributed by atoms with Crippen LogP contribution in [0.2, 0.25) is 0 Å². The van der Waals surface area contributed by atoms with E-state index < -0.39 is 22.9 Å². The zero-order valence-corrected chi connectivity index (χ0v) is 9.51. The van der Waals surface area contributed by atoms with Crippen molar-refractivity contribution in [3.63, 3.8) is 0 Å². The third kappa shape index (κ3) is 4.84. The number of ether oxygens (including phenoxy) is 1. The Labute approximate surface area is 84.8 Å². The fraction of sp³-hybridized carbons (Fsp3) is 0.800. The summed E-state index contributed by atoms with van der Waals surface area (Å²) in [6.07, 6.45) is 0.00190. The minimum Gasteiger partial charge on any atom is -0.460 e. The first kappa shape index (κ1) is 12.9. The molecule has 0 aromatic carbocycles. The molecule has 4 heteroatoms. The Morgan fingerprint density at radius 3 is 1.86 bits per heavy atom. The molecule has 0 rings (SSSR count). The maximum absolute atomic E-state index is 11.6. The van der Waals surface area contributed by atoms with E-state index in [9.17, 15) is 9.59 Å². The van der Waals surface area contributed by atoms with E-state index in [4.69, 9.17) is 10.5 Å². The van der Waals surface area contributed by atoms with Crippen molar-refractivity contribution in [1.82, 2.24) is 0 Å². The lowest BCUT2D eigenvalue weighted by atomic mass is 9.89. The van der Waals surface area contributed by atoms with E-state index in [0.717, 1.165) is 0 Å². The van der Waals surface area contributed by atoms with Crippen molar-refractivity contribution in [3.8, 4) is 0 Å². The molecular formula is C10H19NO3. The molecule has 0 saturated carbocycles. The Kier molecular flexibility index (Phi) is 3.68. The molecule has 0 fully saturated rings. The molecule has 1 amide bonds. The quantitative estimate of drug-likeness (QED) is 0.698. The number of hydrogen-bond donors (Lipinski definition) is 1. The van der Waals surface area contributed by atoms with Crippen LogP contribution >= 0.6 is 0 Å². The van der Waals surface area contributed by atoms with Crippen LogP contribution in [0.5, 0.6) is 0 Å². The predicted octanol–water partition coefficient (Wildman–Crippen LogP) is 1.23. The SMILES string of the molecule is CC(C)(C)OC(=O)C(C)(C)CC(N)=O. The lowest BCUT2D eigenvalue weighted by Gasteiger charge is -2.27. The molecule has 0 heterocycles. The molecule has 0 aliphatic rings. The Morgan fingerprint density at radius 1 is 1.14 bits per heavy atom. The van der Waals surface area contributed by atoms with Crippen LogP contribution in [0.25, 0.3) is 0 Å². The van der Waals surface area contributed by atoms with E-state index in [0.29, 0.717) is 0 Å². The van der Waals surface area contributed by atoms with Crippen molar-refractivity contribution >= 4 is 11.9 Å². The smallest absolute Gasteiger partial charge is 0.312 e. The summed E-state index contributed by atoms with van der Waals surface area (Å²) in [5, 5.41) is 0. The third-order valence-electron chi connectivity index (χ3n) is 1.57. The molecule has 0 aliphatic carbocycles. The fourth-order valence-electron chi connectivity index (χ4n) is 0.924. The van der Waals surface area contributed by atoms with Gasteiger partial charge in [-0.2, -0.15) is 0 Å². The Bertz CT molecular complexity index is 238. The second-order valence-electron chi connectivity index (χ2n) is 5.03. The van der Waals surface area contributed by atoms with Crippen LogP contribution in [0.1, 0.15) is 41.0 Å². The highest BCUT2D eigenvalue weighted by molar-refractivity contribution is 5.84. The first-order valence-electron chi connectivity index (χ1n) is 4.56. The minimum absolute atomic E-state index is 0.00190. The van der Waals surface area contributed by atoms with Crippen molar-refractivity contribution < 1.29 is 14.3 Å². The number of carbonyl (C=O) groups is 2. The van der Waals surface area contributed by atoms with Gasteiger partial charge in [-0.25, -0.2) is 0 Å². The second kappa shape index (κ2) is 3.98. The normalized spacial score (nSPS) is 12.4. The molecule has 0 aliphatic heterocycles. The van der Waals surface area contributed by atoms with Gasteiger partial charge >= 0.3 is 5.97 Å². The van der Waals surface area contributed by atoms with Gasteiger partial charge < -0.3 is 10.5 Å². The Morgan fingerprint density at radius 2 is 1.57 bits per heavy atom. The van der Waals surface area contributed by atoms with Crippen LogP contribution < -0.4 is 5.73 Å². The summed E-state index contributed by atoms with van der Waals surface area (Å²) in [6, 6.07) is 0. The van der Waals surface area contributed by atoms with E-state index in [1.54, 1.807) is 34.6 Å². The molecule has 0 aromatic rings. The standard InChI is InChI=1S/C10H19NO3/c1-9(2,3)14-8(13)10(4,5)6-7(11)12/h6H2,1-5H3,(H2,11,12). The third-order valence-corrected chi connectivity index (χ3v) is 1.57. The fourth-order valence-corrected chi connectivity index (χ4v) is 0.924. The Hall–Kier alpha value is -1.06. The van der Waals surface area contributed by atoms with Crippen LogP contribution in [0.3, 0.4) is 0 Å². The van der Waals surface area contributed by atoms with Crippen LogP contribution in [-0.2, 0) is 14.3 Å². The molecule has 2 N–H and O–H groups in total. The van der Waals surface area contributed by atoms with Gasteiger partial charge in [-0.1, -0.05) is 0 Å². The average Bonchev–Trinajstić information content (AvgIpc) is 1.79. The van der Waals surface area contributed by atoms with Crippen LogP contribution in [0, 0.1) is 5.41 Å². The van der Waals surface area contributed by atoms with Gasteiger partial charge in [0.1, 0.15) is 5.60 Å². The molecule has 82 valence electrons. The second-order valence-corrected chi connectivity index (χ2v) is 5.03. The molecule has 0 spiro atoms. The predicted molar refractivity (Wildman–Crippen MR) is 53.4 cm³/mol. The summed E-state index contributed by atoms with van der Waals surface area (Å²) < 4.78 is 5.16. The van der Waals surface area contributed by atoms with Crippen LogP contribution in [0.4, 0.5) is 0 Å². The topological polar surface area (TPSA) is 69.4 Å². The van der Waals surface area contributed by atoms with Crippen molar-refractivity contribution in [2.75, 3.05) is 0 Å². The number of primary amides is 1. The molecule has 0 unspecified atom stereocenters. The number of amides is 1. The van der Waals surface area contributed by atoms with Crippen LogP contribution in [0.15, 0.2) is 0 Å². The van der Waals surface area contributed by atoms with E-state index in [1.807, 2.05) is 0 Å². The molecule has 0 aromatic heterocycles. The minimum atomic E-state index is -0.848. The van der Waals surface area contributed by atoms with Crippen LogP contribution in [-0.4, -0.2) is 17.5 Å². The lowest BCUT2D eigenvalue weighted by molar-refractivity contribution is -0.167. The maximum atomic E-state index is 11.6. The van der Waals surface area contributed by atoms with Crippen molar-refractivity contribution in [2.24, 2.45) is 11.1 Å². The summed E-state index contributed by atoms with van der Waals surface area (Å²) in [4.78, 5) is 22.3. The summed E-state index contributed by atoms with van der Waals surface area (Å²) in [5.41, 5.74) is 3.65. The molecule has 0 atom stereocenters. The number of carbonyl (C=O) groups excluding carboxylic acids is 2. The first-order valence-corrected chi connectivity index (χ1v) is 4.56. The van der Waals surface area contributed by atoms with Gasteiger partial charge in [-0.05, 0) is 34.6 Å². The highest BCUT2D eigenvalue weighted by atomic mass is 16.6. The monoisotopic (exact) mass is 201 g/mol. The summed E-state index contributed by atoms with van der Waals surface area (Å²) in [6.45, 7) is 8.64. The number of nitrogens with two attached hydrogens (primary N) is 1. The van der Waals surface area contributed by atoms with E-state index in [1.165, 1.54) is 0 Å². The van der Waals surface area contributed by atoms with Crippen molar-refractivity contribution in [3.05, 3.63) is 0 Å². The molecule has 14 heavy (non-hydrogen) atoms. The van der Waals surface area contributed by atoms with Crippen molar-refractivity contribution in [2.45, 2.75) is 46.6 Å². The lowest BCUT2D eigenvalue weighted by Crippen LogP contribution is -2.36. The van der Waals surface area contributed by atoms with Gasteiger partial charge in [0.25, 0.3) is 0 Å². The zero-order chi connectivity index (χ0) is 11.6. The summed E-state index contributed by atoms with van der Waals surface area (Å²) >= 11 is 0.